The van der Waals surface area contributed by atoms with Crippen LogP contribution in [0.15, 0.2) is 21.1 Å². The molecule has 0 unspecified atom stereocenters. The Balaban J connectivity index is 3.24. The van der Waals surface area contributed by atoms with Gasteiger partial charge in [0.15, 0.2) is 0 Å². The van der Waals surface area contributed by atoms with Crippen molar-refractivity contribution in [2.45, 2.75) is 11.9 Å². The van der Waals surface area contributed by atoms with Gasteiger partial charge in [-0.3, -0.25) is 0 Å². The van der Waals surface area contributed by atoms with Gasteiger partial charge in [-0.25, -0.2) is 0 Å². The fourth-order valence-corrected chi connectivity index (χ4v) is 3.44. The van der Waals surface area contributed by atoms with Crippen molar-refractivity contribution in [1.29, 1.82) is 0 Å². The van der Waals surface area contributed by atoms with Gasteiger partial charge in [0.1, 0.15) is 0 Å². The second kappa shape index (κ2) is 4.74. The molecule has 0 aliphatic rings. The largest absolute Gasteiger partial charge is 0.392 e. The molecule has 0 amide bonds. The van der Waals surface area contributed by atoms with Crippen LogP contribution >= 0.6 is 47.8 Å². The van der Waals surface area contributed by atoms with E-state index in [1.807, 2.05) is 12.1 Å². The van der Waals surface area contributed by atoms with Gasteiger partial charge in [-0.2, -0.15) is 0 Å². The van der Waals surface area contributed by atoms with Crippen molar-refractivity contribution in [2.24, 2.45) is 0 Å². The average Bonchev–Trinajstić information content (AvgIpc) is 2.03. The lowest BCUT2D eigenvalue weighted by Crippen LogP contribution is -1.92. The third-order valence-corrected chi connectivity index (χ3v) is 3.28. The van der Waals surface area contributed by atoms with Crippen LogP contribution in [-0.2, 0) is 11.9 Å². The lowest BCUT2D eigenvalue weighted by Gasteiger charge is -2.07. The van der Waals surface area contributed by atoms with Gasteiger partial charge in [0.25, 0.3) is 0 Å². The number of hydrogen-bond donors (Lipinski definition) is 1. The van der Waals surface area contributed by atoms with Crippen LogP contribution in [0.5, 0.6) is 0 Å². The molecule has 0 fully saturated rings. The molecule has 0 aliphatic carbocycles. The van der Waals surface area contributed by atoms with E-state index < -0.39 is 0 Å². The van der Waals surface area contributed by atoms with E-state index in [1.165, 1.54) is 0 Å². The Hall–Kier alpha value is 0.620. The van der Waals surface area contributed by atoms with E-state index in [-0.39, 0.29) is 6.61 Å². The first-order valence-electron chi connectivity index (χ1n) is 3.32. The lowest BCUT2D eigenvalue weighted by atomic mass is 10.1. The fraction of sp³-hybridized carbons (Fsp3) is 0.250. The molecule has 1 aromatic carbocycles. The number of alkyl halides is 1. The summed E-state index contributed by atoms with van der Waals surface area (Å²) in [4.78, 5) is 0. The zero-order valence-corrected chi connectivity index (χ0v) is 10.9. The zero-order valence-electron chi connectivity index (χ0n) is 6.15. The highest BCUT2D eigenvalue weighted by Crippen LogP contribution is 2.27. The maximum absolute atomic E-state index is 9.04. The van der Waals surface area contributed by atoms with Crippen molar-refractivity contribution in [1.82, 2.24) is 0 Å². The number of rotatable bonds is 2. The van der Waals surface area contributed by atoms with Crippen LogP contribution in [0.1, 0.15) is 11.1 Å². The molecule has 0 spiro atoms. The molecular formula is C8H7Br3O. The molecule has 0 aromatic heterocycles. The summed E-state index contributed by atoms with van der Waals surface area (Å²) in [6, 6.07) is 3.89. The Morgan fingerprint density at radius 2 is 1.92 bits per heavy atom. The molecule has 1 rings (SSSR count). The SMILES string of the molecule is OCc1cc(Br)cc(Br)c1CBr. The Labute approximate surface area is 96.6 Å². The molecule has 0 bridgehead atoms. The highest BCUT2D eigenvalue weighted by atomic mass is 79.9. The van der Waals surface area contributed by atoms with Crippen molar-refractivity contribution >= 4 is 47.8 Å². The highest BCUT2D eigenvalue weighted by Gasteiger charge is 2.05. The standard InChI is InChI=1S/C8H7Br3O/c9-3-7-5(4-12)1-6(10)2-8(7)11/h1-2,12H,3-4H2. The van der Waals surface area contributed by atoms with E-state index in [4.69, 9.17) is 5.11 Å². The van der Waals surface area contributed by atoms with Gasteiger partial charge in [0, 0.05) is 14.3 Å². The summed E-state index contributed by atoms with van der Waals surface area (Å²) in [5.74, 6) is 0. The molecule has 0 heterocycles. The first kappa shape index (κ1) is 10.7. The Kier molecular flexibility index (Phi) is 4.23. The van der Waals surface area contributed by atoms with Crippen LogP contribution in [-0.4, -0.2) is 5.11 Å². The van der Waals surface area contributed by atoms with Crippen LogP contribution in [0.4, 0.5) is 0 Å². The van der Waals surface area contributed by atoms with Gasteiger partial charge in [0.2, 0.25) is 0 Å². The van der Waals surface area contributed by atoms with Gasteiger partial charge in [-0.05, 0) is 23.3 Å². The number of hydrogen-bond acceptors (Lipinski definition) is 1. The molecular weight excluding hydrogens is 352 g/mol. The van der Waals surface area contributed by atoms with Gasteiger partial charge >= 0.3 is 0 Å². The first-order chi connectivity index (χ1) is 5.69. The van der Waals surface area contributed by atoms with E-state index >= 15 is 0 Å². The Morgan fingerprint density at radius 1 is 1.25 bits per heavy atom. The van der Waals surface area contributed by atoms with Crippen molar-refractivity contribution < 1.29 is 5.11 Å². The number of aliphatic hydroxyl groups is 1. The van der Waals surface area contributed by atoms with Crippen LogP contribution in [0, 0.1) is 0 Å². The van der Waals surface area contributed by atoms with E-state index in [1.54, 1.807) is 0 Å². The second-order valence-electron chi connectivity index (χ2n) is 2.32. The summed E-state index contributed by atoms with van der Waals surface area (Å²) in [6.07, 6.45) is 0. The summed E-state index contributed by atoms with van der Waals surface area (Å²) in [6.45, 7) is 0.0684. The van der Waals surface area contributed by atoms with E-state index in [0.717, 1.165) is 25.4 Å². The maximum Gasteiger partial charge on any atom is 0.0685 e. The van der Waals surface area contributed by atoms with Gasteiger partial charge in [-0.15, -0.1) is 0 Å². The normalized spacial score (nSPS) is 10.3. The minimum Gasteiger partial charge on any atom is -0.392 e. The number of aliphatic hydroxyl groups excluding tert-OH is 1. The second-order valence-corrected chi connectivity index (χ2v) is 4.65. The van der Waals surface area contributed by atoms with E-state index in [2.05, 4.69) is 47.8 Å². The zero-order chi connectivity index (χ0) is 9.14. The number of benzene rings is 1. The maximum atomic E-state index is 9.04. The molecule has 0 aliphatic heterocycles. The van der Waals surface area contributed by atoms with Crippen molar-refractivity contribution in [3.63, 3.8) is 0 Å². The van der Waals surface area contributed by atoms with Crippen molar-refractivity contribution in [2.75, 3.05) is 0 Å². The topological polar surface area (TPSA) is 20.2 Å². The average molecular weight is 359 g/mol. The van der Waals surface area contributed by atoms with Gasteiger partial charge in [-0.1, -0.05) is 47.8 Å². The molecule has 4 heteroatoms. The molecule has 0 radical (unpaired) electrons. The van der Waals surface area contributed by atoms with Crippen molar-refractivity contribution in [3.05, 3.63) is 32.2 Å². The van der Waals surface area contributed by atoms with Crippen LogP contribution in [0.25, 0.3) is 0 Å². The molecule has 1 aromatic rings. The monoisotopic (exact) mass is 356 g/mol. The van der Waals surface area contributed by atoms with E-state index in [9.17, 15) is 0 Å². The van der Waals surface area contributed by atoms with Gasteiger partial charge in [0.05, 0.1) is 6.61 Å². The molecule has 0 saturated carbocycles. The molecule has 1 N–H and O–H groups in total. The molecule has 66 valence electrons. The molecule has 12 heavy (non-hydrogen) atoms. The minimum absolute atomic E-state index is 0.0684. The lowest BCUT2D eigenvalue weighted by molar-refractivity contribution is 0.281. The summed E-state index contributed by atoms with van der Waals surface area (Å²) in [5, 5.41) is 9.78. The fourth-order valence-electron chi connectivity index (χ4n) is 0.948. The summed E-state index contributed by atoms with van der Waals surface area (Å²) < 4.78 is 1.99. The quantitative estimate of drug-likeness (QED) is 0.801. The predicted molar refractivity (Wildman–Crippen MR) is 60.4 cm³/mol. The predicted octanol–water partition coefficient (Wildman–Crippen LogP) is 3.60. The van der Waals surface area contributed by atoms with Crippen LogP contribution < -0.4 is 0 Å². The number of halogens is 3. The summed E-state index contributed by atoms with van der Waals surface area (Å²) in [7, 11) is 0. The van der Waals surface area contributed by atoms with Gasteiger partial charge < -0.3 is 5.11 Å². The van der Waals surface area contributed by atoms with Crippen molar-refractivity contribution in [3.8, 4) is 0 Å². The first-order valence-corrected chi connectivity index (χ1v) is 6.03. The highest BCUT2D eigenvalue weighted by molar-refractivity contribution is 9.11. The third kappa shape index (κ3) is 2.31. The molecule has 0 saturated heterocycles. The molecule has 1 nitrogen and oxygen atoms in total. The molecule has 0 atom stereocenters. The Morgan fingerprint density at radius 3 is 2.42 bits per heavy atom. The smallest absolute Gasteiger partial charge is 0.0685 e. The minimum atomic E-state index is 0.0684. The van der Waals surface area contributed by atoms with E-state index in [0.29, 0.717) is 0 Å². The third-order valence-electron chi connectivity index (χ3n) is 1.56. The summed E-state index contributed by atoms with van der Waals surface area (Å²) >= 11 is 10.2. The summed E-state index contributed by atoms with van der Waals surface area (Å²) in [5.41, 5.74) is 2.04. The Bertz CT molecular complexity index is 286. The van der Waals surface area contributed by atoms with Crippen LogP contribution in [0.2, 0.25) is 0 Å². The van der Waals surface area contributed by atoms with Crippen LogP contribution in [0.3, 0.4) is 0 Å².